The molecule has 3 aromatic rings. The molecular formula is C29H31NO4P2. The maximum absolute atomic E-state index is 14.7. The minimum absolute atomic E-state index is 0.0123. The number of allylic oxidation sites excluding steroid dienone is 4. The van der Waals surface area contributed by atoms with Crippen molar-refractivity contribution >= 4 is 26.1 Å². The van der Waals surface area contributed by atoms with Gasteiger partial charge in [-0.15, -0.1) is 0 Å². The molecule has 0 saturated carbocycles. The van der Waals surface area contributed by atoms with Crippen LogP contribution in [0, 0.1) is 0 Å². The van der Waals surface area contributed by atoms with Gasteiger partial charge in [0.25, 0.3) is 7.52 Å². The van der Waals surface area contributed by atoms with E-state index in [0.29, 0.717) is 0 Å². The van der Waals surface area contributed by atoms with Crippen molar-refractivity contribution in [2.75, 3.05) is 21.3 Å². The van der Waals surface area contributed by atoms with Crippen molar-refractivity contribution in [1.82, 2.24) is 4.67 Å². The fourth-order valence-corrected chi connectivity index (χ4v) is 10.7. The van der Waals surface area contributed by atoms with Crippen molar-refractivity contribution < 1.29 is 18.6 Å². The highest BCUT2D eigenvalue weighted by Crippen LogP contribution is 2.70. The molecule has 0 bridgehead atoms. The van der Waals surface area contributed by atoms with E-state index in [9.17, 15) is 4.57 Å². The van der Waals surface area contributed by atoms with Crippen molar-refractivity contribution in [3.63, 3.8) is 0 Å². The Morgan fingerprint density at radius 2 is 1.42 bits per heavy atom. The molecule has 7 heteroatoms. The van der Waals surface area contributed by atoms with Crippen LogP contribution in [0.1, 0.15) is 18.6 Å². The molecule has 1 fully saturated rings. The van der Waals surface area contributed by atoms with Gasteiger partial charge < -0.3 is 14.0 Å². The summed E-state index contributed by atoms with van der Waals surface area (Å²) in [5.74, 6) is 1.62. The predicted molar refractivity (Wildman–Crippen MR) is 148 cm³/mol. The molecule has 1 aliphatic carbocycles. The second kappa shape index (κ2) is 10.4. The number of hydrogen-bond donors (Lipinski definition) is 0. The first-order valence-electron chi connectivity index (χ1n) is 12.0. The highest BCUT2D eigenvalue weighted by molar-refractivity contribution is 7.78. The van der Waals surface area contributed by atoms with Crippen LogP contribution in [-0.4, -0.2) is 37.6 Å². The Labute approximate surface area is 214 Å². The highest BCUT2D eigenvalue weighted by Gasteiger charge is 2.52. The monoisotopic (exact) mass is 519 g/mol. The van der Waals surface area contributed by atoms with E-state index in [2.05, 4.69) is 43.3 Å². The number of hydrogen-bond acceptors (Lipinski definition) is 4. The first kappa shape index (κ1) is 25.0. The molecule has 3 aromatic carbocycles. The molecule has 5 rings (SSSR count). The topological polar surface area (TPSA) is 48.0 Å². The summed E-state index contributed by atoms with van der Waals surface area (Å²) in [6.07, 6.45) is 5.96. The molecule has 0 radical (unpaired) electrons. The lowest BCUT2D eigenvalue weighted by atomic mass is 10.0. The van der Waals surface area contributed by atoms with Gasteiger partial charge in [-0.05, 0) is 67.6 Å². The third-order valence-electron chi connectivity index (χ3n) is 6.99. The Kier molecular flexibility index (Phi) is 7.19. The lowest BCUT2D eigenvalue weighted by Gasteiger charge is -2.31. The molecule has 1 heterocycles. The average molecular weight is 520 g/mol. The number of benzene rings is 3. The number of ether oxygens (including phenoxy) is 2. The van der Waals surface area contributed by atoms with E-state index < -0.39 is 15.4 Å². The second-order valence-corrected chi connectivity index (χ2v) is 13.7. The third kappa shape index (κ3) is 4.46. The van der Waals surface area contributed by atoms with Gasteiger partial charge in [-0.2, -0.15) is 0 Å². The van der Waals surface area contributed by atoms with Crippen LogP contribution in [0.4, 0.5) is 0 Å². The molecule has 36 heavy (non-hydrogen) atoms. The van der Waals surface area contributed by atoms with Crippen LogP contribution in [0.25, 0.3) is 0 Å². The maximum atomic E-state index is 14.7. The second-order valence-electron chi connectivity index (χ2n) is 8.97. The molecule has 2 aliphatic rings. The zero-order valence-corrected chi connectivity index (χ0v) is 22.7. The number of methoxy groups -OCH3 is 2. The molecule has 1 saturated heterocycles. The largest absolute Gasteiger partial charge is 0.497 e. The van der Waals surface area contributed by atoms with Crippen LogP contribution in [0.15, 0.2) is 102 Å². The quantitative estimate of drug-likeness (QED) is 0.346. The maximum Gasteiger partial charge on any atom is 0.284 e. The van der Waals surface area contributed by atoms with E-state index in [0.717, 1.165) is 33.0 Å². The average Bonchev–Trinajstić information content (AvgIpc) is 3.50. The van der Waals surface area contributed by atoms with Gasteiger partial charge in [-0.3, -0.25) is 4.57 Å². The number of likely N-dealkylation sites (N-methyl/N-ethyl adjacent to an activating group) is 1. The summed E-state index contributed by atoms with van der Waals surface area (Å²) in [5.41, 5.74) is 0.726. The van der Waals surface area contributed by atoms with Gasteiger partial charge in [0, 0.05) is 6.04 Å². The Morgan fingerprint density at radius 1 is 0.861 bits per heavy atom. The van der Waals surface area contributed by atoms with Crippen molar-refractivity contribution in [3.05, 3.63) is 108 Å². The third-order valence-corrected chi connectivity index (χ3v) is 12.7. The van der Waals surface area contributed by atoms with E-state index >= 15 is 0 Å². The minimum atomic E-state index is -3.22. The Morgan fingerprint density at radius 3 is 1.94 bits per heavy atom. The lowest BCUT2D eigenvalue weighted by molar-refractivity contribution is 0.210. The predicted octanol–water partition coefficient (Wildman–Crippen LogP) is 6.24. The molecule has 0 aromatic heterocycles. The minimum Gasteiger partial charge on any atom is -0.497 e. The fraction of sp³-hybridized carbons (Fsp3) is 0.241. The Bertz CT molecular complexity index is 1260. The number of nitrogens with zero attached hydrogens (tertiary/aromatic N) is 1. The van der Waals surface area contributed by atoms with E-state index in [1.54, 1.807) is 14.2 Å². The van der Waals surface area contributed by atoms with E-state index in [1.165, 1.54) is 0 Å². The standard InChI is InChI=1S/C29H31NO4P2/c1-21-29(22-9-6-5-7-10-22)34-36(31,30(21)2)28-12-8-11-27(28)35(25-17-13-23(32-3)14-18-25)26-19-15-24(33-4)16-20-26/h5-21,28-29H,1-4H3/t21-,28?,29-,36?/m0/s1. The summed E-state index contributed by atoms with van der Waals surface area (Å²) >= 11 is 0. The molecule has 0 spiro atoms. The van der Waals surface area contributed by atoms with Gasteiger partial charge >= 0.3 is 0 Å². The molecule has 1 aliphatic heterocycles. The van der Waals surface area contributed by atoms with E-state index in [-0.39, 0.29) is 17.8 Å². The fourth-order valence-electron chi connectivity index (χ4n) is 4.87. The lowest BCUT2D eigenvalue weighted by Crippen LogP contribution is -2.26. The van der Waals surface area contributed by atoms with Crippen molar-refractivity contribution in [1.29, 1.82) is 0 Å². The van der Waals surface area contributed by atoms with Crippen LogP contribution in [0.2, 0.25) is 0 Å². The Hall–Kier alpha value is -2.68. The van der Waals surface area contributed by atoms with Gasteiger partial charge in [-0.25, -0.2) is 4.67 Å². The van der Waals surface area contributed by atoms with Crippen molar-refractivity contribution in [2.24, 2.45) is 0 Å². The SMILES string of the molecule is COc1ccc(P(C2=CC=CC2P2(=O)O[C@H](c3ccccc3)[C@H](C)N2C)c2ccc(OC)cc2)cc1. The molecular weight excluding hydrogens is 488 g/mol. The zero-order valence-electron chi connectivity index (χ0n) is 20.9. The molecule has 4 atom stereocenters. The van der Waals surface area contributed by atoms with Gasteiger partial charge in [-0.1, -0.05) is 72.8 Å². The highest BCUT2D eigenvalue weighted by atomic mass is 31.2. The molecule has 0 amide bonds. The summed E-state index contributed by atoms with van der Waals surface area (Å²) in [6, 6.07) is 26.5. The van der Waals surface area contributed by atoms with E-state index in [1.807, 2.05) is 72.4 Å². The summed E-state index contributed by atoms with van der Waals surface area (Å²) in [6.45, 7) is 2.09. The van der Waals surface area contributed by atoms with Gasteiger partial charge in [0.2, 0.25) is 0 Å². The van der Waals surface area contributed by atoms with E-state index in [4.69, 9.17) is 14.0 Å². The molecule has 186 valence electrons. The first-order valence-corrected chi connectivity index (χ1v) is 15.0. The zero-order chi connectivity index (χ0) is 25.3. The summed E-state index contributed by atoms with van der Waals surface area (Å²) in [7, 11) is 1.08. The first-order chi connectivity index (χ1) is 17.5. The normalized spacial score (nSPS) is 25.8. The molecule has 0 N–H and O–H groups in total. The van der Waals surface area contributed by atoms with Crippen molar-refractivity contribution in [3.8, 4) is 11.5 Å². The molecule has 5 nitrogen and oxygen atoms in total. The summed E-state index contributed by atoms with van der Waals surface area (Å²) in [4.78, 5) is 0. The Balaban J connectivity index is 1.54. The van der Waals surface area contributed by atoms with Crippen LogP contribution < -0.4 is 20.1 Å². The summed E-state index contributed by atoms with van der Waals surface area (Å²) in [5, 5.41) is 3.45. The van der Waals surface area contributed by atoms with Crippen LogP contribution in [0.3, 0.4) is 0 Å². The van der Waals surface area contributed by atoms with Crippen LogP contribution >= 0.6 is 15.4 Å². The van der Waals surface area contributed by atoms with Crippen LogP contribution in [-0.2, 0) is 9.09 Å². The van der Waals surface area contributed by atoms with Crippen molar-refractivity contribution in [2.45, 2.75) is 24.7 Å². The van der Waals surface area contributed by atoms with Gasteiger partial charge in [0.05, 0.1) is 19.9 Å². The van der Waals surface area contributed by atoms with Gasteiger partial charge in [0.1, 0.15) is 17.6 Å². The number of rotatable bonds is 7. The molecule has 2 unspecified atom stereocenters. The summed E-state index contributed by atoms with van der Waals surface area (Å²) < 4.78 is 34.0. The van der Waals surface area contributed by atoms with Crippen LogP contribution in [0.5, 0.6) is 11.5 Å². The van der Waals surface area contributed by atoms with Gasteiger partial charge in [0.15, 0.2) is 0 Å². The smallest absolute Gasteiger partial charge is 0.284 e.